The highest BCUT2D eigenvalue weighted by atomic mass is 32.2. The van der Waals surface area contributed by atoms with Crippen LogP contribution in [0.1, 0.15) is 38.7 Å². The van der Waals surface area contributed by atoms with E-state index >= 15 is 0 Å². The predicted octanol–water partition coefficient (Wildman–Crippen LogP) is 4.41. The summed E-state index contributed by atoms with van der Waals surface area (Å²) in [5.74, 6) is -0.396. The third kappa shape index (κ3) is 9.84. The van der Waals surface area contributed by atoms with Crippen molar-refractivity contribution < 1.29 is 22.7 Å². The first kappa shape index (κ1) is 32.0. The molecule has 41 heavy (non-hydrogen) atoms. The Morgan fingerprint density at radius 3 is 2.24 bits per heavy atom. The second-order valence-corrected chi connectivity index (χ2v) is 12.4. The van der Waals surface area contributed by atoms with Gasteiger partial charge in [0.25, 0.3) is 0 Å². The number of halogens is 1. The maximum atomic E-state index is 13.4. The molecule has 0 aromatic heterocycles. The van der Waals surface area contributed by atoms with Crippen molar-refractivity contribution in [2.24, 2.45) is 5.92 Å². The van der Waals surface area contributed by atoms with Crippen molar-refractivity contribution in [3.05, 3.63) is 90.2 Å². The number of carbonyl (C=O) groups is 1. The molecule has 3 aromatic rings. The molecule has 0 bridgehead atoms. The number of hydrogen-bond donors (Lipinski definition) is 3. The number of nitrogens with one attached hydrogen (secondary N) is 1. The number of nitrogens with two attached hydrogens (primary N) is 1. The van der Waals surface area contributed by atoms with Gasteiger partial charge in [-0.25, -0.2) is 12.8 Å². The SMILES string of the molecule is CC(C)CN([C@H](CO)CCCCNC(=O)CN(Cc1ccc(F)cc1)c1ccccc1)S(=O)(=O)c1ccc(N)cc1. The number of para-hydroxylation sites is 1. The van der Waals surface area contributed by atoms with E-state index in [-0.39, 0.29) is 42.2 Å². The molecule has 0 saturated carbocycles. The Kier molecular flexibility index (Phi) is 12.1. The number of anilines is 2. The molecular weight excluding hydrogens is 543 g/mol. The van der Waals surface area contributed by atoms with E-state index in [0.29, 0.717) is 38.0 Å². The summed E-state index contributed by atoms with van der Waals surface area (Å²) in [5, 5.41) is 13.1. The monoisotopic (exact) mass is 584 g/mol. The van der Waals surface area contributed by atoms with Crippen LogP contribution in [0.4, 0.5) is 15.8 Å². The standard InChI is InChI=1S/C31H41FN4O4S/c1-24(2)20-36(41(39,40)30-17-15-27(33)16-18-30)29(23-37)10-6-7-19-34-31(38)22-35(28-8-4-3-5-9-28)21-25-11-13-26(32)14-12-25/h3-5,8-9,11-18,24,29,37H,6-7,10,19-23,33H2,1-2H3,(H,34,38)/t29-/m0/s1. The van der Waals surface area contributed by atoms with Gasteiger partial charge in [0, 0.05) is 37.1 Å². The number of hydrogen-bond acceptors (Lipinski definition) is 6. The average molecular weight is 585 g/mol. The summed E-state index contributed by atoms with van der Waals surface area (Å²) in [6.45, 7) is 4.84. The number of carbonyl (C=O) groups excluding carboxylic acids is 1. The van der Waals surface area contributed by atoms with Crippen LogP contribution >= 0.6 is 0 Å². The molecular formula is C31H41FN4O4S. The molecule has 3 aromatic carbocycles. The number of nitrogens with zero attached hydrogens (tertiary/aromatic N) is 2. The van der Waals surface area contributed by atoms with E-state index in [9.17, 15) is 22.7 Å². The highest BCUT2D eigenvalue weighted by Crippen LogP contribution is 2.23. The highest BCUT2D eigenvalue weighted by molar-refractivity contribution is 7.89. The van der Waals surface area contributed by atoms with Gasteiger partial charge in [0.05, 0.1) is 18.0 Å². The summed E-state index contributed by atoms with van der Waals surface area (Å²) in [7, 11) is -3.83. The lowest BCUT2D eigenvalue weighted by Gasteiger charge is -2.31. The predicted molar refractivity (Wildman–Crippen MR) is 161 cm³/mol. The molecule has 222 valence electrons. The van der Waals surface area contributed by atoms with Crippen molar-refractivity contribution in [2.45, 2.75) is 50.6 Å². The molecule has 0 unspecified atom stereocenters. The van der Waals surface area contributed by atoms with E-state index in [1.54, 1.807) is 24.3 Å². The van der Waals surface area contributed by atoms with Gasteiger partial charge in [-0.05, 0) is 72.9 Å². The first-order valence-electron chi connectivity index (χ1n) is 13.9. The number of nitrogen functional groups attached to an aromatic ring is 1. The van der Waals surface area contributed by atoms with Crippen LogP contribution in [0.3, 0.4) is 0 Å². The van der Waals surface area contributed by atoms with Crippen LogP contribution in [-0.4, -0.2) is 56.0 Å². The molecule has 1 atom stereocenters. The van der Waals surface area contributed by atoms with Gasteiger partial charge in [-0.3, -0.25) is 4.79 Å². The molecule has 0 saturated heterocycles. The molecule has 0 fully saturated rings. The molecule has 3 rings (SSSR count). The second-order valence-electron chi connectivity index (χ2n) is 10.5. The Morgan fingerprint density at radius 2 is 1.63 bits per heavy atom. The van der Waals surface area contributed by atoms with Crippen LogP contribution in [0.25, 0.3) is 0 Å². The fourth-order valence-electron chi connectivity index (χ4n) is 4.55. The maximum Gasteiger partial charge on any atom is 0.243 e. The Morgan fingerprint density at radius 1 is 0.976 bits per heavy atom. The number of aliphatic hydroxyl groups excluding tert-OH is 1. The van der Waals surface area contributed by atoms with Gasteiger partial charge in [0.15, 0.2) is 0 Å². The largest absolute Gasteiger partial charge is 0.399 e. The van der Waals surface area contributed by atoms with E-state index in [4.69, 9.17) is 5.73 Å². The number of benzene rings is 3. The topological polar surface area (TPSA) is 116 Å². The van der Waals surface area contributed by atoms with Crippen molar-refractivity contribution in [1.29, 1.82) is 0 Å². The van der Waals surface area contributed by atoms with Crippen LogP contribution in [0.15, 0.2) is 83.8 Å². The first-order chi connectivity index (χ1) is 19.6. The molecule has 10 heteroatoms. The zero-order valence-electron chi connectivity index (χ0n) is 23.7. The van der Waals surface area contributed by atoms with Crippen LogP contribution in [0.5, 0.6) is 0 Å². The van der Waals surface area contributed by atoms with Gasteiger partial charge >= 0.3 is 0 Å². The zero-order valence-corrected chi connectivity index (χ0v) is 24.6. The summed E-state index contributed by atoms with van der Waals surface area (Å²) < 4.78 is 41.6. The summed E-state index contributed by atoms with van der Waals surface area (Å²) >= 11 is 0. The van der Waals surface area contributed by atoms with Crippen LogP contribution in [0.2, 0.25) is 0 Å². The lowest BCUT2D eigenvalue weighted by atomic mass is 10.1. The van der Waals surface area contributed by atoms with Crippen molar-refractivity contribution in [1.82, 2.24) is 9.62 Å². The van der Waals surface area contributed by atoms with E-state index in [1.807, 2.05) is 49.1 Å². The van der Waals surface area contributed by atoms with Crippen molar-refractivity contribution in [2.75, 3.05) is 36.9 Å². The number of rotatable bonds is 16. The Hall–Kier alpha value is -3.47. The number of unbranched alkanes of at least 4 members (excludes halogenated alkanes) is 1. The Labute approximate surface area is 243 Å². The lowest BCUT2D eigenvalue weighted by molar-refractivity contribution is -0.119. The van der Waals surface area contributed by atoms with Crippen molar-refractivity contribution in [3.8, 4) is 0 Å². The van der Waals surface area contributed by atoms with Crippen LogP contribution in [0, 0.1) is 11.7 Å². The van der Waals surface area contributed by atoms with Gasteiger partial charge in [0.2, 0.25) is 15.9 Å². The Bertz CT molecular complexity index is 1320. The average Bonchev–Trinajstić information content (AvgIpc) is 2.95. The van der Waals surface area contributed by atoms with E-state index in [2.05, 4.69) is 5.32 Å². The number of amides is 1. The fraction of sp³-hybridized carbons (Fsp3) is 0.387. The van der Waals surface area contributed by atoms with Gasteiger partial charge in [0.1, 0.15) is 5.82 Å². The van der Waals surface area contributed by atoms with Gasteiger partial charge < -0.3 is 21.1 Å². The molecule has 0 radical (unpaired) electrons. The molecule has 0 heterocycles. The van der Waals surface area contributed by atoms with Crippen molar-refractivity contribution >= 4 is 27.3 Å². The number of aliphatic hydroxyl groups is 1. The maximum absolute atomic E-state index is 13.4. The minimum Gasteiger partial charge on any atom is -0.399 e. The minimum atomic E-state index is -3.83. The zero-order chi connectivity index (χ0) is 29.8. The fourth-order valence-corrected chi connectivity index (χ4v) is 6.36. The van der Waals surface area contributed by atoms with Gasteiger partial charge in [-0.2, -0.15) is 4.31 Å². The summed E-state index contributed by atoms with van der Waals surface area (Å²) in [4.78, 5) is 14.9. The summed E-state index contributed by atoms with van der Waals surface area (Å²) in [6.07, 6.45) is 1.70. The molecule has 0 spiro atoms. The lowest BCUT2D eigenvalue weighted by Crippen LogP contribution is -2.44. The van der Waals surface area contributed by atoms with E-state index in [1.165, 1.54) is 28.6 Å². The smallest absolute Gasteiger partial charge is 0.243 e. The van der Waals surface area contributed by atoms with Gasteiger partial charge in [-0.15, -0.1) is 0 Å². The quantitative estimate of drug-likeness (QED) is 0.170. The van der Waals surface area contributed by atoms with Gasteiger partial charge in [-0.1, -0.05) is 50.6 Å². The molecule has 1 amide bonds. The summed E-state index contributed by atoms with van der Waals surface area (Å²) in [6, 6.07) is 21.3. The van der Waals surface area contributed by atoms with E-state index < -0.39 is 16.1 Å². The van der Waals surface area contributed by atoms with Crippen molar-refractivity contribution in [3.63, 3.8) is 0 Å². The third-order valence-corrected chi connectivity index (χ3v) is 8.61. The normalized spacial score (nSPS) is 12.4. The minimum absolute atomic E-state index is 0.0642. The Balaban J connectivity index is 1.55. The first-order valence-corrected chi connectivity index (χ1v) is 15.3. The van der Waals surface area contributed by atoms with E-state index in [0.717, 1.165) is 11.3 Å². The second kappa shape index (κ2) is 15.5. The molecule has 4 N–H and O–H groups in total. The number of sulfonamides is 1. The molecule has 0 aliphatic carbocycles. The van der Waals surface area contributed by atoms with Crippen LogP contribution < -0.4 is 16.0 Å². The molecule has 0 aliphatic heterocycles. The molecule has 0 aliphatic rings. The third-order valence-electron chi connectivity index (χ3n) is 6.68. The highest BCUT2D eigenvalue weighted by Gasteiger charge is 2.31. The van der Waals surface area contributed by atoms with Crippen LogP contribution in [-0.2, 0) is 21.4 Å². The molecule has 8 nitrogen and oxygen atoms in total. The summed E-state index contributed by atoms with van der Waals surface area (Å²) in [5.41, 5.74) is 7.97.